The Morgan fingerprint density at radius 2 is 2.11 bits per heavy atom. The molecule has 0 unspecified atom stereocenters. The van der Waals surface area contributed by atoms with E-state index in [2.05, 4.69) is 25.9 Å². The number of aryl methyl sites for hydroxylation is 1. The van der Waals surface area contributed by atoms with Gasteiger partial charge in [-0.1, -0.05) is 6.07 Å². The molecule has 5 heteroatoms. The van der Waals surface area contributed by atoms with Gasteiger partial charge in [-0.25, -0.2) is 9.97 Å². The molecule has 2 heterocycles. The molecule has 0 spiro atoms. The lowest BCUT2D eigenvalue weighted by Crippen LogP contribution is -1.90. The van der Waals surface area contributed by atoms with E-state index in [1.165, 1.54) is 11.9 Å². The summed E-state index contributed by atoms with van der Waals surface area (Å²) in [6.45, 7) is 2.04. The minimum atomic E-state index is 0.589. The Bertz CT molecular complexity index is 711. The first-order valence-corrected chi connectivity index (χ1v) is 7.03. The summed E-state index contributed by atoms with van der Waals surface area (Å²) in [4.78, 5) is 9.32. The molecular weight excluding hydrogens is 312 g/mol. The van der Waals surface area contributed by atoms with Crippen molar-refractivity contribution < 1.29 is 4.74 Å². The first-order valence-electron chi connectivity index (χ1n) is 5.36. The number of thiophene rings is 1. The summed E-state index contributed by atoms with van der Waals surface area (Å²) in [5, 5.41) is 2.92. The minimum Gasteiger partial charge on any atom is -0.437 e. The van der Waals surface area contributed by atoms with Crippen molar-refractivity contribution >= 4 is 37.5 Å². The van der Waals surface area contributed by atoms with E-state index in [1.54, 1.807) is 11.3 Å². The van der Waals surface area contributed by atoms with Crippen molar-refractivity contribution in [2.75, 3.05) is 0 Å². The molecule has 0 amide bonds. The van der Waals surface area contributed by atoms with E-state index in [1.807, 2.05) is 36.6 Å². The molecule has 0 radical (unpaired) electrons. The maximum absolute atomic E-state index is 5.84. The van der Waals surface area contributed by atoms with Gasteiger partial charge in [0.25, 0.3) is 0 Å². The molecule has 0 atom stereocenters. The Kier molecular flexibility index (Phi) is 3.01. The van der Waals surface area contributed by atoms with Crippen molar-refractivity contribution in [3.05, 3.63) is 46.0 Å². The van der Waals surface area contributed by atoms with Crippen LogP contribution in [0.1, 0.15) is 5.56 Å². The Morgan fingerprint density at radius 3 is 2.94 bits per heavy atom. The molecule has 0 fully saturated rings. The summed E-state index contributed by atoms with van der Waals surface area (Å²) < 4.78 is 6.77. The molecule has 2 aromatic heterocycles. The average Bonchev–Trinajstić information content (AvgIpc) is 2.82. The molecular formula is C13H9BrN2OS. The summed E-state index contributed by atoms with van der Waals surface area (Å²) in [6.07, 6.45) is 1.52. The third-order valence-corrected chi connectivity index (χ3v) is 3.96. The van der Waals surface area contributed by atoms with Crippen molar-refractivity contribution in [2.45, 2.75) is 6.92 Å². The molecule has 3 nitrogen and oxygen atoms in total. The van der Waals surface area contributed by atoms with E-state index in [9.17, 15) is 0 Å². The lowest BCUT2D eigenvalue weighted by molar-refractivity contribution is 0.465. The highest BCUT2D eigenvalue weighted by Gasteiger charge is 2.09. The number of ether oxygens (including phenoxy) is 1. The van der Waals surface area contributed by atoms with Crippen molar-refractivity contribution in [2.24, 2.45) is 0 Å². The lowest BCUT2D eigenvalue weighted by Gasteiger charge is -2.07. The quantitative estimate of drug-likeness (QED) is 0.694. The zero-order valence-electron chi connectivity index (χ0n) is 9.55. The molecule has 0 N–H and O–H groups in total. The molecule has 0 aliphatic heterocycles. The zero-order valence-corrected chi connectivity index (χ0v) is 12.0. The van der Waals surface area contributed by atoms with Crippen LogP contribution in [0, 0.1) is 6.92 Å². The van der Waals surface area contributed by atoms with Gasteiger partial charge >= 0.3 is 0 Å². The summed E-state index contributed by atoms with van der Waals surface area (Å²) in [7, 11) is 0. The number of rotatable bonds is 2. The number of hydrogen-bond acceptors (Lipinski definition) is 4. The molecule has 1 aromatic carbocycles. The number of fused-ring (bicyclic) bond motifs is 1. The van der Waals surface area contributed by atoms with Gasteiger partial charge in [-0.15, -0.1) is 11.3 Å². The van der Waals surface area contributed by atoms with Gasteiger partial charge in [0, 0.05) is 0 Å². The Hall–Kier alpha value is -1.46. The minimum absolute atomic E-state index is 0.589. The molecule has 18 heavy (non-hydrogen) atoms. The fourth-order valence-electron chi connectivity index (χ4n) is 1.64. The van der Waals surface area contributed by atoms with Gasteiger partial charge in [0.1, 0.15) is 16.9 Å². The summed E-state index contributed by atoms with van der Waals surface area (Å²) in [5.41, 5.74) is 1.18. The van der Waals surface area contributed by atoms with Crippen LogP contribution >= 0.6 is 27.3 Å². The van der Waals surface area contributed by atoms with E-state index < -0.39 is 0 Å². The molecule has 3 rings (SSSR count). The van der Waals surface area contributed by atoms with Crippen LogP contribution in [0.25, 0.3) is 10.2 Å². The average molecular weight is 321 g/mol. The maximum atomic E-state index is 5.84. The number of aromatic nitrogens is 2. The maximum Gasteiger partial charge on any atom is 0.231 e. The fraction of sp³-hybridized carbons (Fsp3) is 0.0769. The largest absolute Gasteiger partial charge is 0.437 e. The molecule has 0 aliphatic carbocycles. The van der Waals surface area contributed by atoms with Gasteiger partial charge < -0.3 is 4.74 Å². The predicted molar refractivity (Wildman–Crippen MR) is 76.4 cm³/mol. The number of nitrogens with zero attached hydrogens (tertiary/aromatic N) is 2. The number of hydrogen-bond donors (Lipinski definition) is 0. The monoisotopic (exact) mass is 320 g/mol. The van der Waals surface area contributed by atoms with Gasteiger partial charge in [0.05, 0.1) is 9.86 Å². The Morgan fingerprint density at radius 1 is 1.22 bits per heavy atom. The van der Waals surface area contributed by atoms with Crippen LogP contribution in [-0.2, 0) is 0 Å². The molecule has 0 aliphatic rings. The third-order valence-electron chi connectivity index (χ3n) is 2.52. The Balaban J connectivity index is 2.03. The molecule has 0 bridgehead atoms. The van der Waals surface area contributed by atoms with Crippen molar-refractivity contribution in [1.82, 2.24) is 9.97 Å². The predicted octanol–water partition coefficient (Wildman–Crippen LogP) is 4.55. The van der Waals surface area contributed by atoms with Gasteiger partial charge in [0.15, 0.2) is 0 Å². The van der Waals surface area contributed by atoms with E-state index in [0.29, 0.717) is 5.88 Å². The van der Waals surface area contributed by atoms with Crippen LogP contribution in [0.4, 0.5) is 0 Å². The smallest absolute Gasteiger partial charge is 0.231 e. The Labute approximate surface area is 117 Å². The van der Waals surface area contributed by atoms with Crippen molar-refractivity contribution in [3.8, 4) is 11.6 Å². The van der Waals surface area contributed by atoms with Crippen molar-refractivity contribution in [3.63, 3.8) is 0 Å². The summed E-state index contributed by atoms with van der Waals surface area (Å²) in [6, 6.07) is 7.92. The second-order valence-electron chi connectivity index (χ2n) is 3.85. The van der Waals surface area contributed by atoms with Crippen LogP contribution in [0.3, 0.4) is 0 Å². The molecule has 3 aromatic rings. The summed E-state index contributed by atoms with van der Waals surface area (Å²) >= 11 is 5.07. The topological polar surface area (TPSA) is 35.0 Å². The van der Waals surface area contributed by atoms with Gasteiger partial charge in [-0.2, -0.15) is 0 Å². The SMILES string of the molecule is Cc1ccc(Oc2ncnc3sccc23)c(Br)c1. The van der Waals surface area contributed by atoms with Crippen molar-refractivity contribution in [1.29, 1.82) is 0 Å². The summed E-state index contributed by atoms with van der Waals surface area (Å²) in [5.74, 6) is 1.35. The van der Waals surface area contributed by atoms with E-state index in [-0.39, 0.29) is 0 Å². The fourth-order valence-corrected chi connectivity index (χ4v) is 2.94. The standard InChI is InChI=1S/C13H9BrN2OS/c1-8-2-3-11(10(14)6-8)17-12-9-4-5-18-13(9)16-7-15-12/h2-7H,1H3. The van der Waals surface area contributed by atoms with Gasteiger partial charge in [0.2, 0.25) is 5.88 Å². The number of benzene rings is 1. The van der Waals surface area contributed by atoms with E-state index >= 15 is 0 Å². The van der Waals surface area contributed by atoms with E-state index in [4.69, 9.17) is 4.74 Å². The lowest BCUT2D eigenvalue weighted by atomic mass is 10.2. The third kappa shape index (κ3) is 2.11. The highest BCUT2D eigenvalue weighted by atomic mass is 79.9. The number of halogens is 1. The second kappa shape index (κ2) is 4.66. The van der Waals surface area contributed by atoms with Crippen LogP contribution in [0.15, 0.2) is 40.4 Å². The highest BCUT2D eigenvalue weighted by molar-refractivity contribution is 9.10. The van der Waals surface area contributed by atoms with Gasteiger partial charge in [-0.3, -0.25) is 0 Å². The van der Waals surface area contributed by atoms with Crippen LogP contribution in [0.2, 0.25) is 0 Å². The highest BCUT2D eigenvalue weighted by Crippen LogP contribution is 2.33. The van der Waals surface area contributed by atoms with E-state index in [0.717, 1.165) is 20.4 Å². The molecule has 0 saturated carbocycles. The van der Waals surface area contributed by atoms with Crippen LogP contribution in [0.5, 0.6) is 11.6 Å². The second-order valence-corrected chi connectivity index (χ2v) is 5.60. The molecule has 0 saturated heterocycles. The van der Waals surface area contributed by atoms with Crippen LogP contribution in [-0.4, -0.2) is 9.97 Å². The normalized spacial score (nSPS) is 10.8. The zero-order chi connectivity index (χ0) is 12.5. The first kappa shape index (κ1) is 11.6. The van der Waals surface area contributed by atoms with Gasteiger partial charge in [-0.05, 0) is 52.0 Å². The first-order chi connectivity index (χ1) is 8.74. The van der Waals surface area contributed by atoms with Crippen LogP contribution < -0.4 is 4.74 Å². The molecule has 90 valence electrons.